The summed E-state index contributed by atoms with van der Waals surface area (Å²) in [5.74, 6) is 0. The molecule has 0 aliphatic carbocycles. The molecule has 104 valence electrons. The first-order chi connectivity index (χ1) is 8.44. The fourth-order valence-corrected chi connectivity index (χ4v) is 2.36. The number of carbonyl (C=O) groups is 1. The third-order valence-corrected chi connectivity index (χ3v) is 3.20. The topological polar surface area (TPSA) is 29.5 Å². The molecule has 1 saturated heterocycles. The van der Waals surface area contributed by atoms with E-state index < -0.39 is 5.60 Å². The molecule has 1 unspecified atom stereocenters. The van der Waals surface area contributed by atoms with E-state index >= 15 is 0 Å². The lowest BCUT2D eigenvalue weighted by Gasteiger charge is -2.36. The number of carbonyl (C=O) groups excluding carboxylic acids is 1. The number of nitrogens with zero attached hydrogens (tertiary/aromatic N) is 1. The predicted molar refractivity (Wildman–Crippen MR) is 74.6 cm³/mol. The summed E-state index contributed by atoms with van der Waals surface area (Å²) in [6, 6.07) is 0.355. The molecule has 1 fully saturated rings. The van der Waals surface area contributed by atoms with Crippen LogP contribution in [0.1, 0.15) is 59.3 Å². The lowest BCUT2D eigenvalue weighted by atomic mass is 9.97. The summed E-state index contributed by atoms with van der Waals surface area (Å²) in [7, 11) is 0. The van der Waals surface area contributed by atoms with Gasteiger partial charge < -0.3 is 9.64 Å². The number of rotatable bonds is 4. The molecule has 1 rings (SSSR count). The maximum absolute atomic E-state index is 12.1. The third kappa shape index (κ3) is 5.11. The summed E-state index contributed by atoms with van der Waals surface area (Å²) in [5.41, 5.74) is -0.403. The second kappa shape index (κ2) is 6.81. The van der Waals surface area contributed by atoms with Gasteiger partial charge in [0.15, 0.2) is 0 Å². The summed E-state index contributed by atoms with van der Waals surface area (Å²) in [4.78, 5) is 14.1. The number of amides is 1. The van der Waals surface area contributed by atoms with Gasteiger partial charge in [-0.2, -0.15) is 0 Å². The van der Waals surface area contributed by atoms with E-state index in [1.165, 1.54) is 6.42 Å². The average molecular weight is 253 g/mol. The van der Waals surface area contributed by atoms with Gasteiger partial charge in [0, 0.05) is 12.6 Å². The minimum atomic E-state index is -0.403. The maximum Gasteiger partial charge on any atom is 0.410 e. The Labute approximate surface area is 111 Å². The number of piperidine rings is 1. The van der Waals surface area contributed by atoms with E-state index in [1.54, 1.807) is 0 Å². The number of hydrogen-bond acceptors (Lipinski definition) is 2. The van der Waals surface area contributed by atoms with Crippen molar-refractivity contribution in [1.29, 1.82) is 0 Å². The SMILES string of the molecule is C=CCCCC1CCCCN1C(=O)OC(C)(C)C. The van der Waals surface area contributed by atoms with Crippen LogP contribution in [-0.4, -0.2) is 29.2 Å². The minimum Gasteiger partial charge on any atom is -0.444 e. The van der Waals surface area contributed by atoms with Crippen molar-refractivity contribution >= 4 is 6.09 Å². The molecule has 0 N–H and O–H groups in total. The van der Waals surface area contributed by atoms with E-state index in [2.05, 4.69) is 6.58 Å². The van der Waals surface area contributed by atoms with Gasteiger partial charge in [-0.05, 0) is 59.3 Å². The molecule has 3 heteroatoms. The lowest BCUT2D eigenvalue weighted by Crippen LogP contribution is -2.46. The fourth-order valence-electron chi connectivity index (χ4n) is 2.36. The van der Waals surface area contributed by atoms with E-state index in [9.17, 15) is 4.79 Å². The van der Waals surface area contributed by atoms with Gasteiger partial charge in [0.05, 0.1) is 0 Å². The van der Waals surface area contributed by atoms with Gasteiger partial charge in [-0.1, -0.05) is 6.08 Å². The van der Waals surface area contributed by atoms with Gasteiger partial charge in [0.2, 0.25) is 0 Å². The molecule has 1 aliphatic rings. The molecule has 0 aromatic rings. The van der Waals surface area contributed by atoms with Crippen LogP contribution in [0.3, 0.4) is 0 Å². The molecule has 1 atom stereocenters. The smallest absolute Gasteiger partial charge is 0.410 e. The van der Waals surface area contributed by atoms with Gasteiger partial charge in [0.1, 0.15) is 5.60 Å². The van der Waals surface area contributed by atoms with Crippen molar-refractivity contribution in [3.63, 3.8) is 0 Å². The highest BCUT2D eigenvalue weighted by Gasteiger charge is 2.29. The van der Waals surface area contributed by atoms with Crippen molar-refractivity contribution in [2.75, 3.05) is 6.54 Å². The Morgan fingerprint density at radius 2 is 2.17 bits per heavy atom. The molecule has 1 aliphatic heterocycles. The van der Waals surface area contributed by atoms with Crippen molar-refractivity contribution < 1.29 is 9.53 Å². The second-order valence-electron chi connectivity index (χ2n) is 6.04. The summed E-state index contributed by atoms with van der Waals surface area (Å²) in [6.45, 7) is 10.3. The highest BCUT2D eigenvalue weighted by Crippen LogP contribution is 2.23. The molecule has 1 amide bonds. The minimum absolute atomic E-state index is 0.147. The number of allylic oxidation sites excluding steroid dienone is 1. The van der Waals surface area contributed by atoms with Crippen molar-refractivity contribution in [3.05, 3.63) is 12.7 Å². The highest BCUT2D eigenvalue weighted by atomic mass is 16.6. The van der Waals surface area contributed by atoms with Crippen molar-refractivity contribution in [1.82, 2.24) is 4.90 Å². The zero-order chi connectivity index (χ0) is 13.6. The van der Waals surface area contributed by atoms with Crippen LogP contribution in [0.4, 0.5) is 4.79 Å². The molecular formula is C15H27NO2. The maximum atomic E-state index is 12.1. The van der Waals surface area contributed by atoms with Crippen molar-refractivity contribution in [2.45, 2.75) is 70.9 Å². The van der Waals surface area contributed by atoms with Crippen LogP contribution in [0.5, 0.6) is 0 Å². The van der Waals surface area contributed by atoms with Gasteiger partial charge >= 0.3 is 6.09 Å². The first-order valence-electron chi connectivity index (χ1n) is 7.04. The van der Waals surface area contributed by atoms with E-state index in [4.69, 9.17) is 4.74 Å². The van der Waals surface area contributed by atoms with Gasteiger partial charge in [0.25, 0.3) is 0 Å². The summed E-state index contributed by atoms with van der Waals surface area (Å²) in [5, 5.41) is 0. The van der Waals surface area contributed by atoms with Crippen molar-refractivity contribution in [2.24, 2.45) is 0 Å². The van der Waals surface area contributed by atoms with Crippen molar-refractivity contribution in [3.8, 4) is 0 Å². The summed E-state index contributed by atoms with van der Waals surface area (Å²) in [6.07, 6.45) is 8.41. The molecular weight excluding hydrogens is 226 g/mol. The van der Waals surface area contributed by atoms with Crippen LogP contribution in [0, 0.1) is 0 Å². The lowest BCUT2D eigenvalue weighted by molar-refractivity contribution is 0.00869. The summed E-state index contributed by atoms with van der Waals surface area (Å²) < 4.78 is 5.48. The molecule has 0 radical (unpaired) electrons. The number of likely N-dealkylation sites (tertiary alicyclic amines) is 1. The predicted octanol–water partition coefficient (Wildman–Crippen LogP) is 4.13. The zero-order valence-corrected chi connectivity index (χ0v) is 12.1. The first kappa shape index (κ1) is 15.1. The first-order valence-corrected chi connectivity index (χ1v) is 7.04. The third-order valence-electron chi connectivity index (χ3n) is 3.20. The van der Waals surface area contributed by atoms with E-state index in [-0.39, 0.29) is 6.09 Å². The fraction of sp³-hybridized carbons (Fsp3) is 0.800. The summed E-state index contributed by atoms with van der Waals surface area (Å²) >= 11 is 0. The molecule has 0 spiro atoms. The number of hydrogen-bond donors (Lipinski definition) is 0. The molecule has 0 bridgehead atoms. The second-order valence-corrected chi connectivity index (χ2v) is 6.04. The average Bonchev–Trinajstić information content (AvgIpc) is 2.27. The quantitative estimate of drug-likeness (QED) is 0.557. The Balaban J connectivity index is 2.52. The van der Waals surface area contributed by atoms with Gasteiger partial charge in [-0.25, -0.2) is 4.79 Å². The Kier molecular flexibility index (Phi) is 5.70. The molecule has 0 saturated carbocycles. The molecule has 3 nitrogen and oxygen atoms in total. The number of ether oxygens (including phenoxy) is 1. The monoisotopic (exact) mass is 253 g/mol. The van der Waals surface area contributed by atoms with Gasteiger partial charge in [-0.3, -0.25) is 0 Å². The molecule has 1 heterocycles. The Morgan fingerprint density at radius 1 is 1.44 bits per heavy atom. The van der Waals surface area contributed by atoms with Crippen LogP contribution in [0.2, 0.25) is 0 Å². The molecule has 0 aromatic carbocycles. The standard InChI is InChI=1S/C15H27NO2/c1-5-6-7-10-13-11-8-9-12-16(13)14(17)18-15(2,3)4/h5,13H,1,6-12H2,2-4H3. The van der Waals surface area contributed by atoms with E-state index in [1.807, 2.05) is 31.7 Å². The van der Waals surface area contributed by atoms with E-state index in [0.717, 1.165) is 38.6 Å². The van der Waals surface area contributed by atoms with Crippen LogP contribution >= 0.6 is 0 Å². The van der Waals surface area contributed by atoms with Crippen LogP contribution < -0.4 is 0 Å². The largest absolute Gasteiger partial charge is 0.444 e. The van der Waals surface area contributed by atoms with Crippen LogP contribution in [0.15, 0.2) is 12.7 Å². The normalized spacial score (nSPS) is 20.6. The Morgan fingerprint density at radius 3 is 2.78 bits per heavy atom. The van der Waals surface area contributed by atoms with Crippen LogP contribution in [-0.2, 0) is 4.74 Å². The number of unbranched alkanes of at least 4 members (excludes halogenated alkanes) is 1. The molecule has 0 aromatic heterocycles. The van der Waals surface area contributed by atoms with Crippen LogP contribution in [0.25, 0.3) is 0 Å². The van der Waals surface area contributed by atoms with Gasteiger partial charge in [-0.15, -0.1) is 6.58 Å². The zero-order valence-electron chi connectivity index (χ0n) is 12.1. The Bertz CT molecular complexity index is 281. The highest BCUT2D eigenvalue weighted by molar-refractivity contribution is 5.68. The van der Waals surface area contributed by atoms with E-state index in [0.29, 0.717) is 6.04 Å². The molecule has 18 heavy (non-hydrogen) atoms. The Hall–Kier alpha value is -0.990.